The number of nitrogens with one attached hydrogen (secondary N) is 1. The second-order valence-corrected chi connectivity index (χ2v) is 2.99. The molecule has 76 valence electrons. The van der Waals surface area contributed by atoms with Crippen molar-refractivity contribution >= 4 is 11.6 Å². The van der Waals surface area contributed by atoms with Gasteiger partial charge in [-0.2, -0.15) is 0 Å². The molecule has 0 radical (unpaired) electrons. The van der Waals surface area contributed by atoms with Crippen molar-refractivity contribution in [3.63, 3.8) is 0 Å². The molecule has 0 aliphatic rings. The lowest BCUT2D eigenvalue weighted by Gasteiger charge is -2.01. The second kappa shape index (κ2) is 3.91. The first-order chi connectivity index (χ1) is 7.27. The first-order valence-corrected chi connectivity index (χ1v) is 4.40. The average Bonchev–Trinajstić information content (AvgIpc) is 2.66. The van der Waals surface area contributed by atoms with E-state index >= 15 is 0 Å². The van der Waals surface area contributed by atoms with Crippen LogP contribution in [0.1, 0.15) is 16.1 Å². The van der Waals surface area contributed by atoms with E-state index < -0.39 is 0 Å². The van der Waals surface area contributed by atoms with E-state index in [-0.39, 0.29) is 5.91 Å². The molecule has 0 aromatic carbocycles. The number of hydrogen-bond acceptors (Lipinski definition) is 4. The Morgan fingerprint density at radius 3 is 2.93 bits per heavy atom. The molecule has 2 rings (SSSR count). The van der Waals surface area contributed by atoms with Gasteiger partial charge in [-0.15, -0.1) is 0 Å². The highest BCUT2D eigenvalue weighted by Gasteiger charge is 2.12. The number of carbonyl (C=O) groups is 1. The highest BCUT2D eigenvalue weighted by molar-refractivity contribution is 6.04. The largest absolute Gasteiger partial charge is 0.361 e. The Kier molecular flexibility index (Phi) is 2.45. The van der Waals surface area contributed by atoms with Crippen LogP contribution in [0.3, 0.4) is 0 Å². The number of anilines is 1. The summed E-state index contributed by atoms with van der Waals surface area (Å²) in [4.78, 5) is 15.5. The van der Waals surface area contributed by atoms with Crippen LogP contribution >= 0.6 is 0 Å². The number of rotatable bonds is 2. The number of pyridine rings is 1. The van der Waals surface area contributed by atoms with Crippen LogP contribution in [-0.2, 0) is 0 Å². The van der Waals surface area contributed by atoms with Gasteiger partial charge in [0.05, 0.1) is 18.1 Å². The average molecular weight is 203 g/mol. The third-order valence-electron chi connectivity index (χ3n) is 1.91. The molecular weight excluding hydrogens is 194 g/mol. The molecule has 5 nitrogen and oxygen atoms in total. The minimum absolute atomic E-state index is 0.248. The molecule has 2 aromatic heterocycles. The van der Waals surface area contributed by atoms with E-state index in [0.29, 0.717) is 17.0 Å². The maximum atomic E-state index is 11.7. The molecule has 0 bridgehead atoms. The molecule has 0 saturated carbocycles. The van der Waals surface area contributed by atoms with E-state index in [1.165, 1.54) is 6.20 Å². The third kappa shape index (κ3) is 2.01. The minimum Gasteiger partial charge on any atom is -0.361 e. The molecule has 15 heavy (non-hydrogen) atoms. The summed E-state index contributed by atoms with van der Waals surface area (Å²) in [5.41, 5.74) is 1.07. The van der Waals surface area contributed by atoms with Crippen LogP contribution in [-0.4, -0.2) is 16.0 Å². The van der Waals surface area contributed by atoms with Gasteiger partial charge in [0.15, 0.2) is 0 Å². The minimum atomic E-state index is -0.248. The summed E-state index contributed by atoms with van der Waals surface area (Å²) in [7, 11) is 0. The summed E-state index contributed by atoms with van der Waals surface area (Å²) in [6, 6.07) is 3.50. The zero-order chi connectivity index (χ0) is 10.7. The Labute approximate surface area is 86.1 Å². The standard InChI is InChI=1S/C10H9N3O2/c1-7-9(6-12-15-7)10(14)13-8-3-2-4-11-5-8/h2-6H,1H3,(H,13,14). The SMILES string of the molecule is Cc1oncc1C(=O)Nc1cccnc1. The highest BCUT2D eigenvalue weighted by atomic mass is 16.5. The normalized spacial score (nSPS) is 9.93. The Hall–Kier alpha value is -2.17. The van der Waals surface area contributed by atoms with E-state index in [4.69, 9.17) is 4.52 Å². The molecule has 5 heteroatoms. The van der Waals surface area contributed by atoms with Crippen LogP contribution in [0.2, 0.25) is 0 Å². The van der Waals surface area contributed by atoms with Crippen molar-refractivity contribution in [3.05, 3.63) is 42.0 Å². The van der Waals surface area contributed by atoms with Gasteiger partial charge in [-0.25, -0.2) is 0 Å². The van der Waals surface area contributed by atoms with Gasteiger partial charge in [0.2, 0.25) is 0 Å². The molecule has 0 atom stereocenters. The molecule has 0 spiro atoms. The molecule has 2 heterocycles. The summed E-state index contributed by atoms with van der Waals surface area (Å²) in [6.45, 7) is 1.69. The van der Waals surface area contributed by atoms with E-state index in [0.717, 1.165) is 0 Å². The fourth-order valence-corrected chi connectivity index (χ4v) is 1.15. The lowest BCUT2D eigenvalue weighted by atomic mass is 10.2. The first kappa shape index (κ1) is 9.39. The lowest BCUT2D eigenvalue weighted by molar-refractivity contribution is 0.102. The molecule has 0 aliphatic carbocycles. The third-order valence-corrected chi connectivity index (χ3v) is 1.91. The van der Waals surface area contributed by atoms with Gasteiger partial charge in [-0.3, -0.25) is 9.78 Å². The summed E-state index contributed by atoms with van der Waals surface area (Å²) in [6.07, 6.45) is 4.60. The number of amides is 1. The smallest absolute Gasteiger partial charge is 0.260 e. The van der Waals surface area contributed by atoms with Crippen molar-refractivity contribution in [2.24, 2.45) is 0 Å². The maximum Gasteiger partial charge on any atom is 0.260 e. The van der Waals surface area contributed by atoms with Crippen LogP contribution < -0.4 is 5.32 Å². The van der Waals surface area contributed by atoms with Gasteiger partial charge >= 0.3 is 0 Å². The molecule has 1 N–H and O–H groups in total. The molecule has 2 aromatic rings. The predicted octanol–water partition coefficient (Wildman–Crippen LogP) is 1.63. The quantitative estimate of drug-likeness (QED) is 0.805. The maximum absolute atomic E-state index is 11.7. The zero-order valence-corrected chi connectivity index (χ0v) is 8.10. The molecule has 0 fully saturated rings. The van der Waals surface area contributed by atoms with E-state index in [9.17, 15) is 4.79 Å². The van der Waals surface area contributed by atoms with Crippen molar-refractivity contribution in [2.75, 3.05) is 5.32 Å². The van der Waals surface area contributed by atoms with Gasteiger partial charge in [-0.1, -0.05) is 5.16 Å². The molecule has 0 aliphatic heterocycles. The van der Waals surface area contributed by atoms with E-state index in [1.54, 1.807) is 31.5 Å². The van der Waals surface area contributed by atoms with Crippen molar-refractivity contribution in [3.8, 4) is 0 Å². The Balaban J connectivity index is 2.15. The van der Waals surface area contributed by atoms with Gasteiger partial charge in [0, 0.05) is 6.20 Å². The lowest BCUT2D eigenvalue weighted by Crippen LogP contribution is -2.12. The monoisotopic (exact) mass is 203 g/mol. The Morgan fingerprint density at radius 1 is 1.47 bits per heavy atom. The van der Waals surface area contributed by atoms with Crippen LogP contribution in [0.5, 0.6) is 0 Å². The van der Waals surface area contributed by atoms with Crippen molar-refractivity contribution in [1.29, 1.82) is 0 Å². The van der Waals surface area contributed by atoms with Crippen molar-refractivity contribution in [2.45, 2.75) is 6.92 Å². The van der Waals surface area contributed by atoms with E-state index in [1.807, 2.05) is 0 Å². The Morgan fingerprint density at radius 2 is 2.33 bits per heavy atom. The number of aromatic nitrogens is 2. The zero-order valence-electron chi connectivity index (χ0n) is 8.10. The number of hydrogen-bond donors (Lipinski definition) is 1. The fourth-order valence-electron chi connectivity index (χ4n) is 1.15. The molecule has 0 saturated heterocycles. The van der Waals surface area contributed by atoms with Crippen LogP contribution in [0.25, 0.3) is 0 Å². The topological polar surface area (TPSA) is 68.0 Å². The van der Waals surface area contributed by atoms with Crippen LogP contribution in [0.4, 0.5) is 5.69 Å². The van der Waals surface area contributed by atoms with Gasteiger partial charge < -0.3 is 9.84 Å². The highest BCUT2D eigenvalue weighted by Crippen LogP contribution is 2.10. The van der Waals surface area contributed by atoms with Crippen LogP contribution in [0, 0.1) is 6.92 Å². The Bertz CT molecular complexity index is 465. The summed E-state index contributed by atoms with van der Waals surface area (Å²) < 4.78 is 4.80. The summed E-state index contributed by atoms with van der Waals surface area (Å²) >= 11 is 0. The first-order valence-electron chi connectivity index (χ1n) is 4.40. The number of carbonyl (C=O) groups excluding carboxylic acids is 1. The van der Waals surface area contributed by atoms with Gasteiger partial charge in [0.25, 0.3) is 5.91 Å². The molecular formula is C10H9N3O2. The number of aryl methyl sites for hydroxylation is 1. The van der Waals surface area contributed by atoms with Crippen molar-refractivity contribution in [1.82, 2.24) is 10.1 Å². The van der Waals surface area contributed by atoms with Crippen LogP contribution in [0.15, 0.2) is 35.2 Å². The predicted molar refractivity (Wildman–Crippen MR) is 53.4 cm³/mol. The second-order valence-electron chi connectivity index (χ2n) is 2.99. The summed E-state index contributed by atoms with van der Waals surface area (Å²) in [5, 5.41) is 6.22. The van der Waals surface area contributed by atoms with Gasteiger partial charge in [-0.05, 0) is 19.1 Å². The van der Waals surface area contributed by atoms with Gasteiger partial charge in [0.1, 0.15) is 11.3 Å². The number of nitrogens with zero attached hydrogens (tertiary/aromatic N) is 2. The van der Waals surface area contributed by atoms with Crippen molar-refractivity contribution < 1.29 is 9.32 Å². The van der Waals surface area contributed by atoms with E-state index in [2.05, 4.69) is 15.5 Å². The fraction of sp³-hybridized carbons (Fsp3) is 0.100. The summed E-state index contributed by atoms with van der Waals surface area (Å²) in [5.74, 6) is 0.248. The molecule has 0 unspecified atom stereocenters. The molecule has 1 amide bonds.